The van der Waals surface area contributed by atoms with E-state index in [2.05, 4.69) is 9.71 Å². The quantitative estimate of drug-likeness (QED) is 0.757. The first-order valence-electron chi connectivity index (χ1n) is 8.12. The van der Waals surface area contributed by atoms with Crippen molar-refractivity contribution in [1.82, 2.24) is 14.6 Å². The van der Waals surface area contributed by atoms with Crippen LogP contribution >= 0.6 is 0 Å². The summed E-state index contributed by atoms with van der Waals surface area (Å²) in [6.07, 6.45) is 3.31. The van der Waals surface area contributed by atoms with Gasteiger partial charge in [0.1, 0.15) is 10.6 Å². The number of aromatic nitrogens is 1. The molecule has 0 spiro atoms. The smallest absolute Gasteiger partial charge is 0.244 e. The molecule has 1 aromatic carbocycles. The van der Waals surface area contributed by atoms with Gasteiger partial charge in [0.15, 0.2) is 0 Å². The van der Waals surface area contributed by atoms with E-state index in [9.17, 15) is 13.2 Å². The molecule has 2 rings (SSSR count). The fourth-order valence-corrected chi connectivity index (χ4v) is 3.72. The van der Waals surface area contributed by atoms with E-state index in [1.807, 2.05) is 19.1 Å². The molecular formula is C18H23N3O4S. The summed E-state index contributed by atoms with van der Waals surface area (Å²) in [6.45, 7) is 4.02. The molecule has 26 heavy (non-hydrogen) atoms. The molecule has 0 aliphatic carbocycles. The van der Waals surface area contributed by atoms with Crippen molar-refractivity contribution in [2.24, 2.45) is 0 Å². The molecule has 0 saturated carbocycles. The summed E-state index contributed by atoms with van der Waals surface area (Å²) in [5.74, 6) is 0.150. The Morgan fingerprint density at radius 3 is 2.54 bits per heavy atom. The number of amides is 1. The zero-order chi connectivity index (χ0) is 19.2. The Morgan fingerprint density at radius 1 is 1.23 bits per heavy atom. The SMILES string of the molecule is COc1ccc(C)cc1S(=O)(=O)NCCN(Cc1ccncc1)C(C)=O. The van der Waals surface area contributed by atoms with E-state index >= 15 is 0 Å². The van der Waals surface area contributed by atoms with Crippen molar-refractivity contribution in [2.45, 2.75) is 25.3 Å². The molecular weight excluding hydrogens is 354 g/mol. The fraction of sp³-hybridized carbons (Fsp3) is 0.333. The van der Waals surface area contributed by atoms with Gasteiger partial charge in [-0.1, -0.05) is 6.07 Å². The van der Waals surface area contributed by atoms with Crippen LogP contribution in [0.2, 0.25) is 0 Å². The second-order valence-corrected chi connectivity index (χ2v) is 7.58. The van der Waals surface area contributed by atoms with E-state index in [-0.39, 0.29) is 29.6 Å². The molecule has 0 fully saturated rings. The van der Waals surface area contributed by atoms with Crippen molar-refractivity contribution >= 4 is 15.9 Å². The molecule has 1 N–H and O–H groups in total. The minimum atomic E-state index is -3.74. The molecule has 1 amide bonds. The van der Waals surface area contributed by atoms with E-state index < -0.39 is 10.0 Å². The van der Waals surface area contributed by atoms with Gasteiger partial charge in [0.25, 0.3) is 0 Å². The molecule has 0 aliphatic rings. The van der Waals surface area contributed by atoms with Crippen molar-refractivity contribution in [2.75, 3.05) is 20.2 Å². The Kier molecular flexibility index (Phi) is 6.70. The normalized spacial score (nSPS) is 11.2. The van der Waals surface area contributed by atoms with Crippen molar-refractivity contribution in [1.29, 1.82) is 0 Å². The van der Waals surface area contributed by atoms with Crippen LogP contribution in [0, 0.1) is 6.92 Å². The summed E-state index contributed by atoms with van der Waals surface area (Å²) in [7, 11) is -2.32. The third-order valence-corrected chi connectivity index (χ3v) is 5.33. The highest BCUT2D eigenvalue weighted by molar-refractivity contribution is 7.89. The number of nitrogens with one attached hydrogen (secondary N) is 1. The highest BCUT2D eigenvalue weighted by atomic mass is 32.2. The molecule has 140 valence electrons. The molecule has 0 unspecified atom stereocenters. The monoisotopic (exact) mass is 377 g/mol. The van der Waals surface area contributed by atoms with Gasteiger partial charge in [-0.15, -0.1) is 0 Å². The minimum Gasteiger partial charge on any atom is -0.495 e. The third kappa shape index (κ3) is 5.27. The van der Waals surface area contributed by atoms with Crippen LogP contribution in [0.4, 0.5) is 0 Å². The molecule has 7 nitrogen and oxygen atoms in total. The lowest BCUT2D eigenvalue weighted by Crippen LogP contribution is -2.37. The maximum Gasteiger partial charge on any atom is 0.244 e. The summed E-state index contributed by atoms with van der Waals surface area (Å²) >= 11 is 0. The molecule has 0 radical (unpaired) electrons. The number of carbonyl (C=O) groups excluding carboxylic acids is 1. The van der Waals surface area contributed by atoms with Gasteiger partial charge in [-0.2, -0.15) is 0 Å². The van der Waals surface area contributed by atoms with E-state index in [0.29, 0.717) is 6.54 Å². The van der Waals surface area contributed by atoms with Gasteiger partial charge in [0.2, 0.25) is 15.9 Å². The van der Waals surface area contributed by atoms with Crippen LogP contribution in [0.3, 0.4) is 0 Å². The first kappa shape index (κ1) is 19.9. The predicted molar refractivity (Wildman–Crippen MR) is 98.2 cm³/mol. The van der Waals surface area contributed by atoms with Crippen LogP contribution in [-0.2, 0) is 21.4 Å². The number of pyridine rings is 1. The molecule has 0 saturated heterocycles. The Bertz CT molecular complexity index is 854. The number of benzene rings is 1. The Balaban J connectivity index is 2.04. The zero-order valence-electron chi connectivity index (χ0n) is 15.1. The molecule has 1 heterocycles. The predicted octanol–water partition coefficient (Wildman–Crippen LogP) is 1.73. The number of hydrogen-bond acceptors (Lipinski definition) is 5. The Hall–Kier alpha value is -2.45. The maximum absolute atomic E-state index is 12.6. The first-order valence-corrected chi connectivity index (χ1v) is 9.60. The van der Waals surface area contributed by atoms with Gasteiger partial charge < -0.3 is 9.64 Å². The van der Waals surface area contributed by atoms with E-state index in [1.54, 1.807) is 35.5 Å². The van der Waals surface area contributed by atoms with Crippen molar-refractivity contribution in [3.05, 3.63) is 53.9 Å². The Labute approximate surface area is 154 Å². The largest absolute Gasteiger partial charge is 0.495 e. The highest BCUT2D eigenvalue weighted by Crippen LogP contribution is 2.24. The number of rotatable bonds is 8. The second-order valence-electron chi connectivity index (χ2n) is 5.85. The van der Waals surface area contributed by atoms with Gasteiger partial charge in [-0.05, 0) is 42.3 Å². The fourth-order valence-electron chi connectivity index (χ4n) is 2.44. The van der Waals surface area contributed by atoms with Crippen LogP contribution in [0.25, 0.3) is 0 Å². The van der Waals surface area contributed by atoms with Crippen LogP contribution < -0.4 is 9.46 Å². The second kappa shape index (κ2) is 8.77. The standard InChI is InChI=1S/C18H23N3O4S/c1-14-4-5-17(25-3)18(12-14)26(23,24)20-10-11-21(15(2)22)13-16-6-8-19-9-7-16/h4-9,12,20H,10-11,13H2,1-3H3. The van der Waals surface area contributed by atoms with Gasteiger partial charge in [0.05, 0.1) is 7.11 Å². The Morgan fingerprint density at radius 2 is 1.92 bits per heavy atom. The lowest BCUT2D eigenvalue weighted by atomic mass is 10.2. The number of nitrogens with zero attached hydrogens (tertiary/aromatic N) is 2. The van der Waals surface area contributed by atoms with E-state index in [4.69, 9.17) is 4.74 Å². The van der Waals surface area contributed by atoms with E-state index in [0.717, 1.165) is 11.1 Å². The number of ether oxygens (including phenoxy) is 1. The number of aryl methyl sites for hydroxylation is 1. The van der Waals surface area contributed by atoms with Gasteiger partial charge in [-0.25, -0.2) is 13.1 Å². The topological polar surface area (TPSA) is 88.6 Å². The summed E-state index contributed by atoms with van der Waals surface area (Å²) in [5, 5.41) is 0. The number of hydrogen-bond donors (Lipinski definition) is 1. The van der Waals surface area contributed by atoms with Gasteiger partial charge in [0, 0.05) is 39.0 Å². The molecule has 0 bridgehead atoms. The van der Waals surface area contributed by atoms with Crippen molar-refractivity contribution < 1.29 is 17.9 Å². The number of carbonyl (C=O) groups is 1. The van der Waals surface area contributed by atoms with E-state index in [1.165, 1.54) is 14.0 Å². The van der Waals surface area contributed by atoms with Crippen LogP contribution in [-0.4, -0.2) is 44.4 Å². The molecule has 0 atom stereocenters. The van der Waals surface area contributed by atoms with Crippen molar-refractivity contribution in [3.8, 4) is 5.75 Å². The summed E-state index contributed by atoms with van der Waals surface area (Å²) in [6, 6.07) is 8.59. The lowest BCUT2D eigenvalue weighted by molar-refractivity contribution is -0.129. The van der Waals surface area contributed by atoms with Crippen LogP contribution in [0.15, 0.2) is 47.6 Å². The highest BCUT2D eigenvalue weighted by Gasteiger charge is 2.20. The zero-order valence-corrected chi connectivity index (χ0v) is 15.9. The average Bonchev–Trinajstić information content (AvgIpc) is 2.61. The maximum atomic E-state index is 12.6. The third-order valence-electron chi connectivity index (χ3n) is 3.85. The van der Waals surface area contributed by atoms with Gasteiger partial charge >= 0.3 is 0 Å². The summed E-state index contributed by atoms with van der Waals surface area (Å²) < 4.78 is 32.8. The summed E-state index contributed by atoms with van der Waals surface area (Å²) in [4.78, 5) is 17.4. The number of sulfonamides is 1. The van der Waals surface area contributed by atoms with Crippen LogP contribution in [0.1, 0.15) is 18.1 Å². The minimum absolute atomic E-state index is 0.0866. The lowest BCUT2D eigenvalue weighted by Gasteiger charge is -2.21. The van der Waals surface area contributed by atoms with Crippen LogP contribution in [0.5, 0.6) is 5.75 Å². The number of methoxy groups -OCH3 is 1. The molecule has 8 heteroatoms. The summed E-state index contributed by atoms with van der Waals surface area (Å²) in [5.41, 5.74) is 1.74. The molecule has 2 aromatic rings. The average molecular weight is 377 g/mol. The first-order chi connectivity index (χ1) is 12.3. The molecule has 0 aliphatic heterocycles. The molecule has 1 aromatic heterocycles. The van der Waals surface area contributed by atoms with Crippen molar-refractivity contribution in [3.63, 3.8) is 0 Å². The van der Waals surface area contributed by atoms with Gasteiger partial charge in [-0.3, -0.25) is 9.78 Å².